The van der Waals surface area contributed by atoms with E-state index in [1.807, 2.05) is 35.9 Å². The Morgan fingerprint density at radius 3 is 2.58 bits per heavy atom. The Morgan fingerprint density at radius 2 is 2.00 bits per heavy atom. The summed E-state index contributed by atoms with van der Waals surface area (Å²) in [5.74, 6) is 1.64. The largest absolute Gasteiger partial charge is 0.349 e. The Labute approximate surface area is 143 Å². The fourth-order valence-electron chi connectivity index (χ4n) is 4.44. The Bertz CT molecular complexity index is 747. The highest BCUT2D eigenvalue weighted by atomic mass is 16.1. The molecule has 24 heavy (non-hydrogen) atoms. The summed E-state index contributed by atoms with van der Waals surface area (Å²) in [6.07, 6.45) is 5.13. The van der Waals surface area contributed by atoms with Crippen LogP contribution in [0, 0.1) is 25.7 Å². The lowest BCUT2D eigenvalue weighted by Crippen LogP contribution is -2.38. The number of hydrogen-bond acceptors (Lipinski definition) is 2. The first-order valence-electron chi connectivity index (χ1n) is 8.99. The number of nitrogens with one attached hydrogen (secondary N) is 1. The van der Waals surface area contributed by atoms with Crippen LogP contribution in [-0.2, 0) is 6.54 Å². The number of nitrogens with zero attached hydrogens (tertiary/aromatic N) is 2. The lowest BCUT2D eigenvalue weighted by Gasteiger charge is -2.22. The van der Waals surface area contributed by atoms with Gasteiger partial charge in [-0.2, -0.15) is 5.10 Å². The second-order valence-electron chi connectivity index (χ2n) is 7.54. The number of hydrogen-bond donors (Lipinski definition) is 1. The molecule has 2 aliphatic rings. The number of rotatable bonds is 4. The van der Waals surface area contributed by atoms with Gasteiger partial charge in [-0.1, -0.05) is 18.6 Å². The van der Waals surface area contributed by atoms with Crippen molar-refractivity contribution in [1.29, 1.82) is 0 Å². The Morgan fingerprint density at radius 1 is 1.21 bits per heavy atom. The molecule has 2 aromatic rings. The summed E-state index contributed by atoms with van der Waals surface area (Å²) in [6.45, 7) is 4.82. The average molecular weight is 323 g/mol. The van der Waals surface area contributed by atoms with Gasteiger partial charge in [0, 0.05) is 17.3 Å². The van der Waals surface area contributed by atoms with Gasteiger partial charge in [-0.25, -0.2) is 0 Å². The second-order valence-corrected chi connectivity index (χ2v) is 7.54. The van der Waals surface area contributed by atoms with Gasteiger partial charge in [0.15, 0.2) is 0 Å². The minimum absolute atomic E-state index is 0.0743. The van der Waals surface area contributed by atoms with Crippen LogP contribution in [0.4, 0.5) is 0 Å². The van der Waals surface area contributed by atoms with Crippen molar-refractivity contribution in [2.75, 3.05) is 0 Å². The SMILES string of the molecule is Cc1cc(C)n(Cc2ccc(C(=O)N[C@H]3C[C@@H]4CC[C@@H]3C4)cc2)n1. The van der Waals surface area contributed by atoms with Gasteiger partial charge in [0.2, 0.25) is 0 Å². The number of benzene rings is 1. The molecule has 4 heteroatoms. The van der Waals surface area contributed by atoms with Crippen LogP contribution >= 0.6 is 0 Å². The average Bonchev–Trinajstić information content (AvgIpc) is 3.24. The molecule has 4 rings (SSSR count). The highest BCUT2D eigenvalue weighted by Crippen LogP contribution is 2.44. The molecule has 3 atom stereocenters. The molecule has 0 aliphatic heterocycles. The third-order valence-corrected chi connectivity index (χ3v) is 5.71. The minimum Gasteiger partial charge on any atom is -0.349 e. The molecule has 2 saturated carbocycles. The zero-order valence-electron chi connectivity index (χ0n) is 14.5. The summed E-state index contributed by atoms with van der Waals surface area (Å²) >= 11 is 0. The highest BCUT2D eigenvalue weighted by molar-refractivity contribution is 5.94. The third-order valence-electron chi connectivity index (χ3n) is 5.71. The molecule has 126 valence electrons. The molecule has 4 nitrogen and oxygen atoms in total. The zero-order valence-corrected chi connectivity index (χ0v) is 14.5. The molecule has 1 aromatic heterocycles. The fraction of sp³-hybridized carbons (Fsp3) is 0.500. The first kappa shape index (κ1) is 15.4. The van der Waals surface area contributed by atoms with E-state index in [4.69, 9.17) is 0 Å². The Balaban J connectivity index is 1.40. The predicted octanol–water partition coefficient (Wildman–Crippen LogP) is 3.47. The van der Waals surface area contributed by atoms with E-state index in [0.717, 1.165) is 35.0 Å². The van der Waals surface area contributed by atoms with Crippen molar-refractivity contribution >= 4 is 5.91 Å². The van der Waals surface area contributed by atoms with Gasteiger partial charge >= 0.3 is 0 Å². The Hall–Kier alpha value is -2.10. The van der Waals surface area contributed by atoms with Gasteiger partial charge in [0.25, 0.3) is 5.91 Å². The monoisotopic (exact) mass is 323 g/mol. The van der Waals surface area contributed by atoms with Crippen LogP contribution in [0.3, 0.4) is 0 Å². The van der Waals surface area contributed by atoms with E-state index in [0.29, 0.717) is 12.0 Å². The van der Waals surface area contributed by atoms with E-state index in [9.17, 15) is 4.79 Å². The molecule has 2 bridgehead atoms. The van der Waals surface area contributed by atoms with Crippen molar-refractivity contribution in [2.45, 2.75) is 52.1 Å². The molecule has 0 saturated heterocycles. The summed E-state index contributed by atoms with van der Waals surface area (Å²) in [5, 5.41) is 7.74. The summed E-state index contributed by atoms with van der Waals surface area (Å²) in [6, 6.07) is 10.4. The van der Waals surface area contributed by atoms with Crippen LogP contribution in [-0.4, -0.2) is 21.7 Å². The second kappa shape index (κ2) is 6.08. The van der Waals surface area contributed by atoms with Crippen molar-refractivity contribution in [3.63, 3.8) is 0 Å². The van der Waals surface area contributed by atoms with Gasteiger partial charge in [-0.15, -0.1) is 0 Å². The van der Waals surface area contributed by atoms with Crippen molar-refractivity contribution in [3.8, 4) is 0 Å². The number of aryl methyl sites for hydroxylation is 2. The highest BCUT2D eigenvalue weighted by Gasteiger charge is 2.40. The normalized spacial score (nSPS) is 25.2. The molecule has 0 radical (unpaired) electrons. The van der Waals surface area contributed by atoms with E-state index in [2.05, 4.69) is 23.4 Å². The van der Waals surface area contributed by atoms with Crippen LogP contribution in [0.2, 0.25) is 0 Å². The number of aromatic nitrogens is 2. The van der Waals surface area contributed by atoms with E-state index in [1.54, 1.807) is 0 Å². The molecule has 2 fully saturated rings. The lowest BCUT2D eigenvalue weighted by atomic mass is 9.95. The molecule has 2 aliphatic carbocycles. The zero-order chi connectivity index (χ0) is 16.7. The van der Waals surface area contributed by atoms with Gasteiger partial charge in [-0.05, 0) is 68.7 Å². The van der Waals surface area contributed by atoms with Gasteiger partial charge in [0.1, 0.15) is 0 Å². The van der Waals surface area contributed by atoms with Crippen molar-refractivity contribution < 1.29 is 4.79 Å². The van der Waals surface area contributed by atoms with Gasteiger partial charge < -0.3 is 5.32 Å². The third kappa shape index (κ3) is 2.97. The number of fused-ring (bicyclic) bond motifs is 2. The minimum atomic E-state index is 0.0743. The number of carbonyl (C=O) groups is 1. The van der Waals surface area contributed by atoms with Crippen LogP contribution in [0.5, 0.6) is 0 Å². The Kier molecular flexibility index (Phi) is 3.91. The fourth-order valence-corrected chi connectivity index (χ4v) is 4.44. The number of carbonyl (C=O) groups excluding carboxylic acids is 1. The molecule has 0 spiro atoms. The molecule has 1 N–H and O–H groups in total. The van der Waals surface area contributed by atoms with Crippen molar-refractivity contribution in [1.82, 2.24) is 15.1 Å². The maximum Gasteiger partial charge on any atom is 0.251 e. The topological polar surface area (TPSA) is 46.9 Å². The van der Waals surface area contributed by atoms with Crippen molar-refractivity contribution in [2.24, 2.45) is 11.8 Å². The molecule has 1 heterocycles. The van der Waals surface area contributed by atoms with E-state index < -0.39 is 0 Å². The summed E-state index contributed by atoms with van der Waals surface area (Å²) in [7, 11) is 0. The van der Waals surface area contributed by atoms with Crippen LogP contribution < -0.4 is 5.32 Å². The molecule has 0 unspecified atom stereocenters. The smallest absolute Gasteiger partial charge is 0.251 e. The van der Waals surface area contributed by atoms with Crippen LogP contribution in [0.25, 0.3) is 0 Å². The van der Waals surface area contributed by atoms with Crippen LogP contribution in [0.1, 0.15) is 53.0 Å². The quantitative estimate of drug-likeness (QED) is 0.936. The standard InChI is InChI=1S/C20H25N3O/c1-13-9-14(2)23(22-13)12-15-3-6-17(7-4-15)20(24)21-19-11-16-5-8-18(19)10-16/h3-4,6-7,9,16,18-19H,5,8,10-12H2,1-2H3,(H,21,24)/t16-,18-,19+/m1/s1. The first-order valence-corrected chi connectivity index (χ1v) is 8.99. The van der Waals surface area contributed by atoms with E-state index in [1.165, 1.54) is 25.7 Å². The number of amides is 1. The maximum absolute atomic E-state index is 12.5. The molecule has 1 aromatic carbocycles. The summed E-state index contributed by atoms with van der Waals surface area (Å²) in [5.41, 5.74) is 4.12. The maximum atomic E-state index is 12.5. The van der Waals surface area contributed by atoms with E-state index in [-0.39, 0.29) is 5.91 Å². The predicted molar refractivity (Wildman–Crippen MR) is 93.9 cm³/mol. The molecular weight excluding hydrogens is 298 g/mol. The lowest BCUT2D eigenvalue weighted by molar-refractivity contribution is 0.0923. The van der Waals surface area contributed by atoms with Gasteiger partial charge in [0.05, 0.1) is 12.2 Å². The molecular formula is C20H25N3O. The summed E-state index contributed by atoms with van der Waals surface area (Å²) < 4.78 is 2.00. The van der Waals surface area contributed by atoms with Gasteiger partial charge in [-0.3, -0.25) is 9.48 Å². The van der Waals surface area contributed by atoms with Crippen molar-refractivity contribution in [3.05, 3.63) is 52.8 Å². The van der Waals surface area contributed by atoms with E-state index >= 15 is 0 Å². The molecule has 1 amide bonds. The first-order chi connectivity index (χ1) is 11.6. The van der Waals surface area contributed by atoms with Crippen LogP contribution in [0.15, 0.2) is 30.3 Å². The summed E-state index contributed by atoms with van der Waals surface area (Å²) in [4.78, 5) is 12.5.